The minimum absolute atomic E-state index is 0.0914. The van der Waals surface area contributed by atoms with Crippen molar-refractivity contribution in [1.29, 1.82) is 0 Å². The van der Waals surface area contributed by atoms with Crippen molar-refractivity contribution in [2.45, 2.75) is 36.1 Å². The minimum atomic E-state index is -3.43. The molecule has 0 bridgehead atoms. The number of hydrogen-bond donors (Lipinski definition) is 4. The first-order valence-electron chi connectivity index (χ1n) is 17.8. The maximum absolute atomic E-state index is 14.0. The van der Waals surface area contributed by atoms with E-state index in [1.165, 1.54) is 25.5 Å². The molecule has 278 valence electrons. The Bertz CT molecular complexity index is 2520. The van der Waals surface area contributed by atoms with Gasteiger partial charge in [-0.3, -0.25) is 9.59 Å². The van der Waals surface area contributed by atoms with Crippen LogP contribution in [-0.2, 0) is 38.6 Å². The molecule has 0 saturated carbocycles. The van der Waals surface area contributed by atoms with E-state index in [0.29, 0.717) is 35.6 Å². The summed E-state index contributed by atoms with van der Waals surface area (Å²) in [5, 5.41) is 13.1. The van der Waals surface area contributed by atoms with E-state index < -0.39 is 27.9 Å². The lowest BCUT2D eigenvalue weighted by atomic mass is 9.88. The second kappa shape index (κ2) is 14.4. The van der Waals surface area contributed by atoms with Gasteiger partial charge in [0, 0.05) is 54.3 Å². The van der Waals surface area contributed by atoms with Crippen molar-refractivity contribution in [1.82, 2.24) is 30.4 Å². The molecular weight excluding hydrogens is 719 g/mol. The number of nitrogens with one attached hydrogen (secondary N) is 4. The van der Waals surface area contributed by atoms with Crippen LogP contribution in [0.3, 0.4) is 0 Å². The first-order valence-corrected chi connectivity index (χ1v) is 19.7. The number of nitrogens with zero attached hydrogens (tertiary/aromatic N) is 3. The Morgan fingerprint density at radius 3 is 2.29 bits per heavy atom. The van der Waals surface area contributed by atoms with Gasteiger partial charge in [-0.05, 0) is 77.1 Å². The van der Waals surface area contributed by atoms with E-state index in [1.54, 1.807) is 29.1 Å². The second-order valence-electron chi connectivity index (χ2n) is 13.6. The number of imidazole rings is 1. The lowest BCUT2D eigenvalue weighted by Gasteiger charge is -2.22. The number of anilines is 1. The number of sulfone groups is 1. The molecule has 1 atom stereocenters. The monoisotopic (exact) mass is 755 g/mol. The molecule has 2 aliphatic carbocycles. The summed E-state index contributed by atoms with van der Waals surface area (Å²) < 4.78 is 31.7. The summed E-state index contributed by atoms with van der Waals surface area (Å²) in [5.74, 6) is -0.972. The lowest BCUT2D eigenvalue weighted by Crippen LogP contribution is -2.45. The summed E-state index contributed by atoms with van der Waals surface area (Å²) in [6, 6.07) is 26.9. The van der Waals surface area contributed by atoms with Gasteiger partial charge in [0.1, 0.15) is 12.6 Å². The molecule has 2 aromatic heterocycles. The maximum Gasteiger partial charge on any atom is 0.407 e. The molecule has 8 rings (SSSR count). The Morgan fingerprint density at radius 2 is 1.64 bits per heavy atom. The third-order valence-corrected chi connectivity index (χ3v) is 11.3. The number of benzene rings is 4. The molecule has 13 nitrogen and oxygen atoms in total. The average Bonchev–Trinajstić information content (AvgIpc) is 3.93. The summed E-state index contributed by atoms with van der Waals surface area (Å²) in [4.78, 5) is 47.6. The van der Waals surface area contributed by atoms with Crippen LogP contribution in [0.5, 0.6) is 0 Å². The van der Waals surface area contributed by atoms with Gasteiger partial charge in [0.25, 0.3) is 5.91 Å². The molecule has 14 heteroatoms. The zero-order valence-electron chi connectivity index (χ0n) is 30.0. The van der Waals surface area contributed by atoms with Gasteiger partial charge in [-0.25, -0.2) is 22.9 Å². The first-order chi connectivity index (χ1) is 26.6. The van der Waals surface area contributed by atoms with Gasteiger partial charge in [-0.15, -0.1) is 0 Å². The normalized spacial score (nSPS) is 13.5. The van der Waals surface area contributed by atoms with Crippen LogP contribution in [0.1, 0.15) is 44.4 Å². The third-order valence-electron chi connectivity index (χ3n) is 10.1. The van der Waals surface area contributed by atoms with Gasteiger partial charge >= 0.3 is 6.09 Å². The van der Waals surface area contributed by atoms with Crippen LogP contribution in [0.25, 0.3) is 28.1 Å². The largest absolute Gasteiger partial charge is 0.449 e. The van der Waals surface area contributed by atoms with Crippen molar-refractivity contribution < 1.29 is 27.5 Å². The lowest BCUT2D eigenvalue weighted by molar-refractivity contribution is -0.118. The highest BCUT2D eigenvalue weighted by atomic mass is 32.2. The van der Waals surface area contributed by atoms with E-state index in [-0.39, 0.29) is 35.4 Å². The minimum Gasteiger partial charge on any atom is -0.449 e. The van der Waals surface area contributed by atoms with Gasteiger partial charge in [0.15, 0.2) is 15.5 Å². The molecule has 55 heavy (non-hydrogen) atoms. The van der Waals surface area contributed by atoms with Crippen molar-refractivity contribution in [3.8, 4) is 28.1 Å². The fraction of sp³-hybridized carbons (Fsp3) is 0.195. The third kappa shape index (κ3) is 6.87. The summed E-state index contributed by atoms with van der Waals surface area (Å²) in [7, 11) is -1.89. The first kappa shape index (κ1) is 35.5. The molecule has 4 aromatic carbocycles. The van der Waals surface area contributed by atoms with Crippen molar-refractivity contribution >= 4 is 33.4 Å². The predicted molar refractivity (Wildman–Crippen MR) is 206 cm³/mol. The number of carbonyl (C=O) groups is 3. The van der Waals surface area contributed by atoms with Crippen LogP contribution in [0.2, 0.25) is 0 Å². The molecule has 3 amide bonds. The summed E-state index contributed by atoms with van der Waals surface area (Å²) in [6.07, 6.45) is 4.80. The van der Waals surface area contributed by atoms with E-state index in [4.69, 9.17) is 4.74 Å². The highest BCUT2D eigenvalue weighted by molar-refractivity contribution is 7.90. The molecule has 0 radical (unpaired) electrons. The molecule has 1 unspecified atom stereocenters. The van der Waals surface area contributed by atoms with Crippen LogP contribution in [0.4, 0.5) is 10.5 Å². The van der Waals surface area contributed by atoms with Gasteiger partial charge in [-0.1, -0.05) is 54.6 Å². The molecule has 6 aromatic rings. The molecule has 0 fully saturated rings. The fourth-order valence-electron chi connectivity index (χ4n) is 7.48. The maximum atomic E-state index is 14.0. The van der Waals surface area contributed by atoms with Gasteiger partial charge in [0.2, 0.25) is 5.91 Å². The Kier molecular flexibility index (Phi) is 9.27. The van der Waals surface area contributed by atoms with Crippen molar-refractivity contribution in [2.24, 2.45) is 0 Å². The number of amides is 3. The van der Waals surface area contributed by atoms with Crippen molar-refractivity contribution in [2.75, 3.05) is 25.2 Å². The second-order valence-corrected chi connectivity index (χ2v) is 15.6. The van der Waals surface area contributed by atoms with Gasteiger partial charge < -0.3 is 25.7 Å². The standard InChI is InChI=1S/C41H37N7O6S/c1-42-40(50)37-33-18-12-24-11-13-25(19-34(24)38(33)48(47-37)27-14-16-28(17-15-27)55(2,52)53)45-39(49)36(20-26-21-43-23-44-26)46-41(51)54-22-35-31-9-5-3-7-29(31)30-8-4-6-10-32(30)35/h3-11,13-17,19,21,23,35-36H,12,18,20,22H2,1-2H3,(H,42,50)(H,43,44)(H,45,49)(H,46,51). The van der Waals surface area contributed by atoms with E-state index in [1.807, 2.05) is 48.5 Å². The zero-order valence-corrected chi connectivity index (χ0v) is 30.8. The number of aromatic amines is 1. The molecule has 4 N–H and O–H groups in total. The molecular formula is C41H37N7O6S. The number of H-pyrrole nitrogens is 1. The SMILES string of the molecule is CNC(=O)c1nn(-c2ccc(S(C)(=O)=O)cc2)c2c1CCc1ccc(NC(=O)C(Cc3cnc[nH]3)NC(=O)OCC3c4ccccc4-c4ccccc43)cc1-2. The molecule has 0 aliphatic heterocycles. The smallest absolute Gasteiger partial charge is 0.407 e. The quantitative estimate of drug-likeness (QED) is 0.147. The highest BCUT2D eigenvalue weighted by Crippen LogP contribution is 2.44. The Hall–Kier alpha value is -6.54. The van der Waals surface area contributed by atoms with E-state index in [0.717, 1.165) is 45.2 Å². The predicted octanol–water partition coefficient (Wildman–Crippen LogP) is 5.21. The number of carbonyl (C=O) groups excluding carboxylic acids is 3. The number of rotatable bonds is 10. The van der Waals surface area contributed by atoms with Crippen LogP contribution >= 0.6 is 0 Å². The van der Waals surface area contributed by atoms with E-state index >= 15 is 0 Å². The zero-order chi connectivity index (χ0) is 38.3. The topological polar surface area (TPSA) is 177 Å². The van der Waals surface area contributed by atoms with Crippen LogP contribution in [0.15, 0.2) is 108 Å². The van der Waals surface area contributed by atoms with Crippen molar-refractivity contribution in [3.63, 3.8) is 0 Å². The van der Waals surface area contributed by atoms with Crippen LogP contribution in [-0.4, -0.2) is 72.0 Å². The molecule has 0 saturated heterocycles. The summed E-state index contributed by atoms with van der Waals surface area (Å²) in [5.41, 5.74) is 9.43. The number of aryl methyl sites for hydroxylation is 1. The molecule has 0 spiro atoms. The number of ether oxygens (including phenoxy) is 1. The molecule has 2 aliphatic rings. The van der Waals surface area contributed by atoms with E-state index in [2.05, 4.69) is 43.1 Å². The van der Waals surface area contributed by atoms with Crippen molar-refractivity contribution in [3.05, 3.63) is 137 Å². The molecule has 2 heterocycles. The van der Waals surface area contributed by atoms with Gasteiger partial charge in [0.05, 0.1) is 22.6 Å². The Balaban J connectivity index is 1.05. The number of hydrogen-bond acceptors (Lipinski definition) is 8. The number of aromatic nitrogens is 4. The number of alkyl carbamates (subject to hydrolysis) is 1. The highest BCUT2D eigenvalue weighted by Gasteiger charge is 2.32. The number of fused-ring (bicyclic) bond motifs is 6. The fourth-order valence-corrected chi connectivity index (χ4v) is 8.11. The van der Waals surface area contributed by atoms with Crippen LogP contribution in [0, 0.1) is 0 Å². The average molecular weight is 756 g/mol. The Morgan fingerprint density at radius 1 is 0.927 bits per heavy atom. The summed E-state index contributed by atoms with van der Waals surface area (Å²) >= 11 is 0. The van der Waals surface area contributed by atoms with E-state index in [9.17, 15) is 22.8 Å². The van der Waals surface area contributed by atoms with Crippen LogP contribution < -0.4 is 16.0 Å². The summed E-state index contributed by atoms with van der Waals surface area (Å²) in [6.45, 7) is 0.0914. The Labute approximate surface area is 317 Å². The van der Waals surface area contributed by atoms with Gasteiger partial charge in [-0.2, -0.15) is 5.10 Å².